The average Bonchev–Trinajstić information content (AvgIpc) is 2.62. The molecule has 0 radical (unpaired) electrons. The number of hydrogen-bond donors (Lipinski definition) is 0. The summed E-state index contributed by atoms with van der Waals surface area (Å²) in [6.07, 6.45) is -4.93. The van der Waals surface area contributed by atoms with Crippen molar-refractivity contribution in [3.63, 3.8) is 0 Å². The second-order valence-corrected chi connectivity index (χ2v) is 5.89. The molecule has 2 heterocycles. The topological polar surface area (TPSA) is 47.4 Å². The van der Waals surface area contributed by atoms with Crippen LogP contribution >= 0.6 is 15.9 Å². The Hall–Kier alpha value is -1.09. The minimum atomic E-state index is -4.61. The second-order valence-electron chi connectivity index (χ2n) is 5.10. The third kappa shape index (κ3) is 3.23. The molecular weight excluding hydrogens is 355 g/mol. The van der Waals surface area contributed by atoms with Gasteiger partial charge in [-0.25, -0.2) is 0 Å². The molecule has 0 unspecified atom stereocenters. The maximum absolute atomic E-state index is 12.8. The third-order valence-electron chi connectivity index (χ3n) is 3.17. The summed E-state index contributed by atoms with van der Waals surface area (Å²) >= 11 is 2.85. The fourth-order valence-electron chi connectivity index (χ4n) is 2.41. The van der Waals surface area contributed by atoms with Gasteiger partial charge in [0.15, 0.2) is 5.69 Å². The lowest BCUT2D eigenvalue weighted by Crippen LogP contribution is -2.48. The normalized spacial score (nSPS) is 23.5. The zero-order chi connectivity index (χ0) is 15.9. The Morgan fingerprint density at radius 1 is 1.33 bits per heavy atom. The molecule has 1 aromatic heterocycles. The highest BCUT2D eigenvalue weighted by atomic mass is 79.9. The molecule has 1 saturated heterocycles. The maximum Gasteiger partial charge on any atom is 0.436 e. The summed E-state index contributed by atoms with van der Waals surface area (Å²) in [7, 11) is 1.32. The van der Waals surface area contributed by atoms with E-state index in [1.54, 1.807) is 0 Å². The Bertz CT molecular complexity index is 549. The van der Waals surface area contributed by atoms with Gasteiger partial charge in [0.25, 0.3) is 5.91 Å². The standard InChI is InChI=1S/C12H15BrF3N3O2/c1-6-4-19(5-7(2)21-6)11(20)9-8(13)10(12(14,15)16)17-18(9)3/h6-7H,4-5H2,1-3H3/t6-,7+. The zero-order valence-corrected chi connectivity index (χ0v) is 13.3. The first-order valence-corrected chi connectivity index (χ1v) is 7.15. The molecule has 0 aromatic carbocycles. The predicted octanol–water partition coefficient (Wildman–Crippen LogP) is 2.45. The van der Waals surface area contributed by atoms with E-state index in [-0.39, 0.29) is 22.4 Å². The van der Waals surface area contributed by atoms with Crippen LogP contribution in [0.1, 0.15) is 30.0 Å². The van der Waals surface area contributed by atoms with Crippen molar-refractivity contribution in [3.05, 3.63) is 15.9 Å². The Balaban J connectivity index is 2.34. The number of rotatable bonds is 1. The first kappa shape index (κ1) is 16.3. The largest absolute Gasteiger partial charge is 0.436 e. The van der Waals surface area contributed by atoms with E-state index in [0.29, 0.717) is 13.1 Å². The highest BCUT2D eigenvalue weighted by Gasteiger charge is 2.40. The van der Waals surface area contributed by atoms with E-state index in [1.807, 2.05) is 13.8 Å². The molecule has 0 saturated carbocycles. The smallest absolute Gasteiger partial charge is 0.372 e. The molecule has 0 N–H and O–H groups in total. The summed E-state index contributed by atoms with van der Waals surface area (Å²) in [5.41, 5.74) is -1.20. The number of carbonyl (C=O) groups is 1. The molecule has 0 spiro atoms. The Morgan fingerprint density at radius 3 is 2.29 bits per heavy atom. The lowest BCUT2D eigenvalue weighted by Gasteiger charge is -2.35. The van der Waals surface area contributed by atoms with Crippen molar-refractivity contribution in [1.29, 1.82) is 0 Å². The van der Waals surface area contributed by atoms with Crippen LogP contribution in [0.4, 0.5) is 13.2 Å². The van der Waals surface area contributed by atoms with Crippen molar-refractivity contribution < 1.29 is 22.7 Å². The molecule has 1 aromatic rings. The monoisotopic (exact) mass is 369 g/mol. The van der Waals surface area contributed by atoms with Crippen molar-refractivity contribution in [3.8, 4) is 0 Å². The number of carbonyl (C=O) groups excluding carboxylic acids is 1. The summed E-state index contributed by atoms with van der Waals surface area (Å²) in [5, 5.41) is 3.40. The highest BCUT2D eigenvalue weighted by Crippen LogP contribution is 2.36. The third-order valence-corrected chi connectivity index (χ3v) is 3.92. The summed E-state index contributed by atoms with van der Waals surface area (Å²) in [6.45, 7) is 4.30. The van der Waals surface area contributed by atoms with Gasteiger partial charge in [-0.15, -0.1) is 0 Å². The van der Waals surface area contributed by atoms with Gasteiger partial charge in [0.1, 0.15) is 5.69 Å². The van der Waals surface area contributed by atoms with Gasteiger partial charge >= 0.3 is 6.18 Å². The molecule has 9 heteroatoms. The van der Waals surface area contributed by atoms with Gasteiger partial charge < -0.3 is 9.64 Å². The molecule has 0 aliphatic carbocycles. The van der Waals surface area contributed by atoms with E-state index in [4.69, 9.17) is 4.74 Å². The van der Waals surface area contributed by atoms with Gasteiger partial charge in [-0.1, -0.05) is 0 Å². The molecule has 1 amide bonds. The van der Waals surface area contributed by atoms with Gasteiger partial charge in [-0.05, 0) is 29.8 Å². The Morgan fingerprint density at radius 2 is 1.86 bits per heavy atom. The minimum absolute atomic E-state index is 0.108. The zero-order valence-electron chi connectivity index (χ0n) is 11.7. The number of nitrogens with zero attached hydrogens (tertiary/aromatic N) is 3. The van der Waals surface area contributed by atoms with E-state index in [2.05, 4.69) is 21.0 Å². The first-order valence-electron chi connectivity index (χ1n) is 6.35. The van der Waals surface area contributed by atoms with E-state index in [1.165, 1.54) is 11.9 Å². The fourth-order valence-corrected chi connectivity index (χ4v) is 3.14. The van der Waals surface area contributed by atoms with Crippen LogP contribution in [-0.4, -0.2) is 45.9 Å². The van der Waals surface area contributed by atoms with Gasteiger partial charge in [0.05, 0.1) is 16.7 Å². The summed E-state index contributed by atoms with van der Waals surface area (Å²) in [5.74, 6) is -0.491. The number of aryl methyl sites for hydroxylation is 1. The van der Waals surface area contributed by atoms with Crippen LogP contribution in [0.5, 0.6) is 0 Å². The second kappa shape index (κ2) is 5.60. The van der Waals surface area contributed by atoms with Crippen LogP contribution in [0.3, 0.4) is 0 Å². The van der Waals surface area contributed by atoms with Crippen molar-refractivity contribution in [2.75, 3.05) is 13.1 Å². The molecule has 1 fully saturated rings. The molecule has 5 nitrogen and oxygen atoms in total. The van der Waals surface area contributed by atoms with Crippen LogP contribution in [-0.2, 0) is 18.0 Å². The van der Waals surface area contributed by atoms with Crippen LogP contribution in [0, 0.1) is 0 Å². The van der Waals surface area contributed by atoms with Crippen molar-refractivity contribution in [2.24, 2.45) is 7.05 Å². The molecule has 118 valence electrons. The lowest BCUT2D eigenvalue weighted by molar-refractivity contribution is -0.142. The molecule has 1 aliphatic heterocycles. The van der Waals surface area contributed by atoms with Crippen LogP contribution in [0.25, 0.3) is 0 Å². The summed E-state index contributed by atoms with van der Waals surface area (Å²) in [4.78, 5) is 14.0. The quantitative estimate of drug-likeness (QED) is 0.763. The van der Waals surface area contributed by atoms with Gasteiger partial charge in [0, 0.05) is 20.1 Å². The lowest BCUT2D eigenvalue weighted by atomic mass is 10.2. The van der Waals surface area contributed by atoms with Crippen LogP contribution in [0.15, 0.2) is 4.47 Å². The molecule has 21 heavy (non-hydrogen) atoms. The van der Waals surface area contributed by atoms with E-state index >= 15 is 0 Å². The summed E-state index contributed by atoms with van der Waals surface area (Å²) in [6, 6.07) is 0. The molecule has 2 rings (SSSR count). The maximum atomic E-state index is 12.8. The Labute approximate surface area is 128 Å². The molecule has 0 bridgehead atoms. The first-order chi connectivity index (χ1) is 9.61. The average molecular weight is 370 g/mol. The number of alkyl halides is 3. The predicted molar refractivity (Wildman–Crippen MR) is 71.8 cm³/mol. The van der Waals surface area contributed by atoms with Crippen molar-refractivity contribution in [1.82, 2.24) is 14.7 Å². The number of ether oxygens (including phenoxy) is 1. The van der Waals surface area contributed by atoms with Gasteiger partial charge in [0.2, 0.25) is 0 Å². The summed E-state index contributed by atoms with van der Waals surface area (Å²) < 4.78 is 44.6. The Kier molecular flexibility index (Phi) is 4.34. The van der Waals surface area contributed by atoms with Crippen LogP contribution < -0.4 is 0 Å². The van der Waals surface area contributed by atoms with Crippen molar-refractivity contribution >= 4 is 21.8 Å². The molecule has 2 atom stereocenters. The molecular formula is C12H15BrF3N3O2. The van der Waals surface area contributed by atoms with E-state index in [9.17, 15) is 18.0 Å². The number of hydrogen-bond acceptors (Lipinski definition) is 3. The SMILES string of the molecule is C[C@@H]1CN(C(=O)c2c(Br)c(C(F)(F)F)nn2C)C[C@H](C)O1. The van der Waals surface area contributed by atoms with Gasteiger partial charge in [-0.3, -0.25) is 9.48 Å². The number of morpholine rings is 1. The molecule has 1 aliphatic rings. The number of aromatic nitrogens is 2. The van der Waals surface area contributed by atoms with E-state index in [0.717, 1.165) is 4.68 Å². The fraction of sp³-hybridized carbons (Fsp3) is 0.667. The number of amides is 1. The number of halogens is 4. The highest BCUT2D eigenvalue weighted by molar-refractivity contribution is 9.10. The van der Waals surface area contributed by atoms with Crippen molar-refractivity contribution in [2.45, 2.75) is 32.2 Å². The van der Waals surface area contributed by atoms with Crippen LogP contribution in [0.2, 0.25) is 0 Å². The minimum Gasteiger partial charge on any atom is -0.372 e. The van der Waals surface area contributed by atoms with Gasteiger partial charge in [-0.2, -0.15) is 18.3 Å². The van der Waals surface area contributed by atoms with E-state index < -0.39 is 17.8 Å².